The number of carbonyl (C=O) groups is 1. The van der Waals surface area contributed by atoms with E-state index in [0.717, 1.165) is 23.3 Å². The lowest BCUT2D eigenvalue weighted by Gasteiger charge is -2.19. The molecule has 0 radical (unpaired) electrons. The normalized spacial score (nSPS) is 16.1. The molecule has 2 amide bonds. The van der Waals surface area contributed by atoms with E-state index in [-0.39, 0.29) is 17.9 Å². The standard InChI is InChI=1S/C21H23FN4O2/c1-14-24-18-5-2-3-7-19(18)26(14)11-10-23-21(27)25-17-6-4-12-28-20-9-8-15(22)13-16(17)20/h2-3,5,7-9,13,17H,4,6,10-12H2,1H3,(H2,23,25,27)/t17-/m1/s1. The highest BCUT2D eigenvalue weighted by Crippen LogP contribution is 2.31. The fourth-order valence-electron chi connectivity index (χ4n) is 3.67. The van der Waals surface area contributed by atoms with Gasteiger partial charge in [-0.1, -0.05) is 12.1 Å². The number of amides is 2. The van der Waals surface area contributed by atoms with Crippen molar-refractivity contribution < 1.29 is 13.9 Å². The van der Waals surface area contributed by atoms with E-state index in [1.165, 1.54) is 12.1 Å². The van der Waals surface area contributed by atoms with Crippen LogP contribution in [0.3, 0.4) is 0 Å². The van der Waals surface area contributed by atoms with Gasteiger partial charge in [-0.05, 0) is 50.1 Å². The van der Waals surface area contributed by atoms with Gasteiger partial charge in [-0.2, -0.15) is 0 Å². The number of halogens is 1. The third-order valence-electron chi connectivity index (χ3n) is 5.01. The number of hydrogen-bond donors (Lipinski definition) is 2. The minimum Gasteiger partial charge on any atom is -0.493 e. The summed E-state index contributed by atoms with van der Waals surface area (Å²) >= 11 is 0. The van der Waals surface area contributed by atoms with Crippen molar-refractivity contribution in [3.8, 4) is 5.75 Å². The minimum atomic E-state index is -0.334. The largest absolute Gasteiger partial charge is 0.493 e. The number of imidazole rings is 1. The van der Waals surface area contributed by atoms with E-state index in [1.54, 1.807) is 6.07 Å². The summed E-state index contributed by atoms with van der Waals surface area (Å²) in [6.07, 6.45) is 1.50. The van der Waals surface area contributed by atoms with Crippen molar-refractivity contribution in [1.82, 2.24) is 20.2 Å². The quantitative estimate of drug-likeness (QED) is 0.723. The molecule has 3 aromatic rings. The second-order valence-corrected chi connectivity index (χ2v) is 6.93. The number of hydrogen-bond acceptors (Lipinski definition) is 3. The molecule has 0 saturated carbocycles. The van der Waals surface area contributed by atoms with Crippen LogP contribution in [0.4, 0.5) is 9.18 Å². The summed E-state index contributed by atoms with van der Waals surface area (Å²) in [6.45, 7) is 3.60. The molecule has 2 N–H and O–H groups in total. The Balaban J connectivity index is 1.38. The van der Waals surface area contributed by atoms with Gasteiger partial charge in [-0.25, -0.2) is 14.2 Å². The number of urea groups is 1. The van der Waals surface area contributed by atoms with E-state index in [1.807, 2.05) is 31.2 Å². The van der Waals surface area contributed by atoms with Crippen LogP contribution in [0.2, 0.25) is 0 Å². The van der Waals surface area contributed by atoms with Crippen LogP contribution in [-0.4, -0.2) is 28.7 Å². The van der Waals surface area contributed by atoms with Crippen LogP contribution < -0.4 is 15.4 Å². The molecule has 0 fully saturated rings. The highest BCUT2D eigenvalue weighted by molar-refractivity contribution is 5.76. The minimum absolute atomic E-state index is 0.274. The molecule has 6 nitrogen and oxygen atoms in total. The number of nitrogens with one attached hydrogen (secondary N) is 2. The fraction of sp³-hybridized carbons (Fsp3) is 0.333. The fourth-order valence-corrected chi connectivity index (χ4v) is 3.67. The van der Waals surface area contributed by atoms with Crippen molar-refractivity contribution in [3.05, 3.63) is 59.7 Å². The van der Waals surface area contributed by atoms with Gasteiger partial charge in [0.05, 0.1) is 23.7 Å². The Morgan fingerprint density at radius 1 is 1.32 bits per heavy atom. The SMILES string of the molecule is Cc1nc2ccccc2n1CCNC(=O)N[C@@H]1CCCOc2ccc(F)cc21. The van der Waals surface area contributed by atoms with Crippen molar-refractivity contribution in [2.24, 2.45) is 0 Å². The number of para-hydroxylation sites is 2. The van der Waals surface area contributed by atoms with Crippen LogP contribution >= 0.6 is 0 Å². The summed E-state index contributed by atoms with van der Waals surface area (Å²) in [5, 5.41) is 5.85. The predicted molar refractivity (Wildman–Crippen MR) is 105 cm³/mol. The van der Waals surface area contributed by atoms with Gasteiger partial charge >= 0.3 is 6.03 Å². The molecule has 0 bridgehead atoms. The Bertz CT molecular complexity index is 1000. The Labute approximate surface area is 162 Å². The van der Waals surface area contributed by atoms with Crippen LogP contribution in [0.1, 0.15) is 30.3 Å². The highest BCUT2D eigenvalue weighted by atomic mass is 19.1. The maximum atomic E-state index is 13.7. The average molecular weight is 382 g/mol. The number of nitrogens with zero attached hydrogens (tertiary/aromatic N) is 2. The molecule has 2 aromatic carbocycles. The summed E-state index contributed by atoms with van der Waals surface area (Å²) in [5.41, 5.74) is 2.68. The van der Waals surface area contributed by atoms with Gasteiger partial charge in [0.25, 0.3) is 0 Å². The summed E-state index contributed by atoms with van der Waals surface area (Å²) in [7, 11) is 0. The van der Waals surface area contributed by atoms with E-state index in [4.69, 9.17) is 4.74 Å². The second-order valence-electron chi connectivity index (χ2n) is 6.93. The molecule has 146 valence electrons. The predicted octanol–water partition coefficient (Wildman–Crippen LogP) is 3.70. The lowest BCUT2D eigenvalue weighted by Crippen LogP contribution is -2.39. The van der Waals surface area contributed by atoms with E-state index in [2.05, 4.69) is 20.2 Å². The van der Waals surface area contributed by atoms with Crippen LogP contribution in [0.25, 0.3) is 11.0 Å². The summed E-state index contributed by atoms with van der Waals surface area (Å²) in [4.78, 5) is 16.9. The summed E-state index contributed by atoms with van der Waals surface area (Å²) in [6, 6.07) is 11.8. The maximum absolute atomic E-state index is 13.7. The van der Waals surface area contributed by atoms with Crippen molar-refractivity contribution in [1.29, 1.82) is 0 Å². The lowest BCUT2D eigenvalue weighted by atomic mass is 10.0. The number of rotatable bonds is 4. The number of ether oxygens (including phenoxy) is 1. The number of benzene rings is 2. The van der Waals surface area contributed by atoms with Crippen molar-refractivity contribution in [2.75, 3.05) is 13.2 Å². The molecule has 1 aromatic heterocycles. The molecular weight excluding hydrogens is 359 g/mol. The Kier molecular flexibility index (Phi) is 5.14. The number of aromatic nitrogens is 2. The van der Waals surface area contributed by atoms with Gasteiger partial charge < -0.3 is 19.9 Å². The average Bonchev–Trinajstić information content (AvgIpc) is 2.87. The molecule has 2 heterocycles. The van der Waals surface area contributed by atoms with Gasteiger partial charge in [-0.15, -0.1) is 0 Å². The molecular formula is C21H23FN4O2. The molecule has 4 rings (SSSR count). The molecule has 0 aliphatic carbocycles. The first-order valence-corrected chi connectivity index (χ1v) is 9.50. The highest BCUT2D eigenvalue weighted by Gasteiger charge is 2.22. The first-order chi connectivity index (χ1) is 13.6. The molecule has 1 atom stereocenters. The molecule has 7 heteroatoms. The third-order valence-corrected chi connectivity index (χ3v) is 5.01. The Hall–Kier alpha value is -3.09. The van der Waals surface area contributed by atoms with Gasteiger partial charge in [0, 0.05) is 18.7 Å². The summed E-state index contributed by atoms with van der Waals surface area (Å²) in [5.74, 6) is 1.21. The monoisotopic (exact) mass is 382 g/mol. The molecule has 28 heavy (non-hydrogen) atoms. The zero-order chi connectivity index (χ0) is 19.5. The van der Waals surface area contributed by atoms with E-state index >= 15 is 0 Å². The van der Waals surface area contributed by atoms with E-state index < -0.39 is 0 Å². The molecule has 1 aliphatic heterocycles. The second kappa shape index (κ2) is 7.88. The van der Waals surface area contributed by atoms with Crippen molar-refractivity contribution in [2.45, 2.75) is 32.4 Å². The van der Waals surface area contributed by atoms with Crippen molar-refractivity contribution in [3.63, 3.8) is 0 Å². The molecule has 0 spiro atoms. The van der Waals surface area contributed by atoms with Gasteiger partial charge in [0.15, 0.2) is 0 Å². The van der Waals surface area contributed by atoms with Crippen LogP contribution in [0.5, 0.6) is 5.75 Å². The molecule has 0 saturated heterocycles. The molecule has 0 unspecified atom stereocenters. The van der Waals surface area contributed by atoms with E-state index in [0.29, 0.717) is 37.4 Å². The number of fused-ring (bicyclic) bond motifs is 2. The van der Waals surface area contributed by atoms with E-state index in [9.17, 15) is 9.18 Å². The van der Waals surface area contributed by atoms with Gasteiger partial charge in [0.2, 0.25) is 0 Å². The van der Waals surface area contributed by atoms with Crippen LogP contribution in [-0.2, 0) is 6.54 Å². The first-order valence-electron chi connectivity index (χ1n) is 9.50. The Morgan fingerprint density at radius 2 is 2.18 bits per heavy atom. The number of carbonyl (C=O) groups excluding carboxylic acids is 1. The zero-order valence-corrected chi connectivity index (χ0v) is 15.7. The van der Waals surface area contributed by atoms with Crippen LogP contribution in [0, 0.1) is 12.7 Å². The topological polar surface area (TPSA) is 68.2 Å². The zero-order valence-electron chi connectivity index (χ0n) is 15.7. The number of aryl methyl sites for hydroxylation is 1. The third kappa shape index (κ3) is 3.78. The van der Waals surface area contributed by atoms with Gasteiger partial charge in [-0.3, -0.25) is 0 Å². The summed E-state index contributed by atoms with van der Waals surface area (Å²) < 4.78 is 21.4. The molecule has 1 aliphatic rings. The lowest BCUT2D eigenvalue weighted by molar-refractivity contribution is 0.235. The maximum Gasteiger partial charge on any atom is 0.315 e. The van der Waals surface area contributed by atoms with Crippen LogP contribution in [0.15, 0.2) is 42.5 Å². The smallest absolute Gasteiger partial charge is 0.315 e. The Morgan fingerprint density at radius 3 is 3.07 bits per heavy atom. The first kappa shape index (κ1) is 18.3. The van der Waals surface area contributed by atoms with Crippen molar-refractivity contribution >= 4 is 17.1 Å². The van der Waals surface area contributed by atoms with Gasteiger partial charge in [0.1, 0.15) is 17.4 Å².